The summed E-state index contributed by atoms with van der Waals surface area (Å²) in [5.41, 5.74) is -1.02. The highest BCUT2D eigenvalue weighted by Crippen LogP contribution is 2.32. The van der Waals surface area contributed by atoms with Crippen molar-refractivity contribution in [3.8, 4) is 0 Å². The summed E-state index contributed by atoms with van der Waals surface area (Å²) in [5, 5.41) is 11.9. The van der Waals surface area contributed by atoms with E-state index in [1.807, 2.05) is 13.8 Å². The van der Waals surface area contributed by atoms with Gasteiger partial charge in [-0.2, -0.15) is 13.2 Å². The SMILES string of the molecule is CC(C)C(CO)NCc1ccc(F)cc1C(F)(F)F. The Morgan fingerprint density at radius 1 is 1.26 bits per heavy atom. The first-order valence-electron chi connectivity index (χ1n) is 5.95. The van der Waals surface area contributed by atoms with Gasteiger partial charge in [0.25, 0.3) is 0 Å². The second-order valence-corrected chi connectivity index (χ2v) is 4.71. The molecule has 1 unspecified atom stereocenters. The minimum absolute atomic E-state index is 0.0343. The van der Waals surface area contributed by atoms with Crippen molar-refractivity contribution in [1.82, 2.24) is 5.32 Å². The summed E-state index contributed by atoms with van der Waals surface area (Å²) in [6, 6.07) is 2.29. The summed E-state index contributed by atoms with van der Waals surface area (Å²) in [4.78, 5) is 0. The van der Waals surface area contributed by atoms with Gasteiger partial charge >= 0.3 is 6.18 Å². The van der Waals surface area contributed by atoms with Crippen LogP contribution in [0.5, 0.6) is 0 Å². The summed E-state index contributed by atoms with van der Waals surface area (Å²) in [5.74, 6) is -0.835. The minimum Gasteiger partial charge on any atom is -0.395 e. The molecule has 1 aromatic carbocycles. The molecule has 0 aliphatic rings. The van der Waals surface area contributed by atoms with Crippen LogP contribution in [-0.2, 0) is 12.7 Å². The molecule has 2 nitrogen and oxygen atoms in total. The molecular formula is C13H17F4NO. The topological polar surface area (TPSA) is 32.3 Å². The molecule has 0 radical (unpaired) electrons. The first kappa shape index (κ1) is 15.9. The number of benzene rings is 1. The molecule has 108 valence electrons. The van der Waals surface area contributed by atoms with Gasteiger partial charge in [0, 0.05) is 12.6 Å². The summed E-state index contributed by atoms with van der Waals surface area (Å²) in [6.07, 6.45) is -4.59. The summed E-state index contributed by atoms with van der Waals surface area (Å²) < 4.78 is 51.2. The molecule has 19 heavy (non-hydrogen) atoms. The normalized spacial score (nSPS) is 13.9. The van der Waals surface area contributed by atoms with Crippen molar-refractivity contribution < 1.29 is 22.7 Å². The van der Waals surface area contributed by atoms with Crippen LogP contribution in [0, 0.1) is 11.7 Å². The number of alkyl halides is 3. The Morgan fingerprint density at radius 2 is 1.89 bits per heavy atom. The lowest BCUT2D eigenvalue weighted by Gasteiger charge is -2.21. The summed E-state index contributed by atoms with van der Waals surface area (Å²) in [6.45, 7) is 3.46. The van der Waals surface area contributed by atoms with E-state index in [9.17, 15) is 17.6 Å². The molecule has 2 N–H and O–H groups in total. The molecule has 1 rings (SSSR count). The van der Waals surface area contributed by atoms with E-state index in [-0.39, 0.29) is 30.7 Å². The highest BCUT2D eigenvalue weighted by atomic mass is 19.4. The average molecular weight is 279 g/mol. The van der Waals surface area contributed by atoms with Crippen molar-refractivity contribution in [3.05, 3.63) is 35.1 Å². The van der Waals surface area contributed by atoms with Crippen LogP contribution in [0.3, 0.4) is 0 Å². The van der Waals surface area contributed by atoms with Crippen LogP contribution in [0.4, 0.5) is 17.6 Å². The maximum absolute atomic E-state index is 12.9. The fraction of sp³-hybridized carbons (Fsp3) is 0.538. The van der Waals surface area contributed by atoms with Crippen LogP contribution in [-0.4, -0.2) is 17.8 Å². The Bertz CT molecular complexity index is 418. The molecule has 0 bridgehead atoms. The lowest BCUT2D eigenvalue weighted by Crippen LogP contribution is -2.37. The van der Waals surface area contributed by atoms with Crippen molar-refractivity contribution in [2.75, 3.05) is 6.61 Å². The van der Waals surface area contributed by atoms with E-state index in [1.165, 1.54) is 0 Å². The molecule has 0 fully saturated rings. The Balaban J connectivity index is 2.89. The smallest absolute Gasteiger partial charge is 0.395 e. The molecule has 0 amide bonds. The fourth-order valence-corrected chi connectivity index (χ4v) is 1.72. The van der Waals surface area contributed by atoms with E-state index in [0.29, 0.717) is 6.07 Å². The second kappa shape index (κ2) is 6.34. The molecule has 0 spiro atoms. The quantitative estimate of drug-likeness (QED) is 0.812. The zero-order chi connectivity index (χ0) is 14.6. The molecule has 0 saturated heterocycles. The number of hydrogen-bond donors (Lipinski definition) is 2. The molecule has 0 aliphatic carbocycles. The Kier molecular flexibility index (Phi) is 5.31. The third-order valence-electron chi connectivity index (χ3n) is 2.93. The van der Waals surface area contributed by atoms with E-state index in [1.54, 1.807) is 0 Å². The standard InChI is InChI=1S/C13H17F4NO/c1-8(2)12(7-19)18-6-9-3-4-10(14)5-11(9)13(15,16)17/h3-5,8,12,18-19H,6-7H2,1-2H3. The Hall–Kier alpha value is -1.14. The van der Waals surface area contributed by atoms with Gasteiger partial charge in [0.05, 0.1) is 12.2 Å². The monoisotopic (exact) mass is 279 g/mol. The van der Waals surface area contributed by atoms with Gasteiger partial charge in [-0.05, 0) is 23.6 Å². The van der Waals surface area contributed by atoms with Gasteiger partial charge in [-0.3, -0.25) is 0 Å². The van der Waals surface area contributed by atoms with Crippen molar-refractivity contribution in [2.45, 2.75) is 32.6 Å². The Labute approximate surface area is 109 Å². The van der Waals surface area contributed by atoms with Crippen LogP contribution in [0.2, 0.25) is 0 Å². The van der Waals surface area contributed by atoms with Crippen molar-refractivity contribution in [2.24, 2.45) is 5.92 Å². The highest BCUT2D eigenvalue weighted by molar-refractivity contribution is 5.30. The van der Waals surface area contributed by atoms with Crippen molar-refractivity contribution in [3.63, 3.8) is 0 Å². The summed E-state index contributed by atoms with van der Waals surface area (Å²) in [7, 11) is 0. The van der Waals surface area contributed by atoms with E-state index in [4.69, 9.17) is 5.11 Å². The number of nitrogens with one attached hydrogen (secondary N) is 1. The number of aliphatic hydroxyl groups is 1. The number of hydrogen-bond acceptors (Lipinski definition) is 2. The lowest BCUT2D eigenvalue weighted by atomic mass is 10.0. The van der Waals surface area contributed by atoms with Crippen molar-refractivity contribution >= 4 is 0 Å². The van der Waals surface area contributed by atoms with Crippen molar-refractivity contribution in [1.29, 1.82) is 0 Å². The number of rotatable bonds is 5. The first-order valence-corrected chi connectivity index (χ1v) is 5.95. The van der Waals surface area contributed by atoms with E-state index < -0.39 is 17.6 Å². The first-order chi connectivity index (χ1) is 8.75. The van der Waals surface area contributed by atoms with Gasteiger partial charge in [0.1, 0.15) is 5.82 Å². The van der Waals surface area contributed by atoms with Gasteiger partial charge in [0.2, 0.25) is 0 Å². The fourth-order valence-electron chi connectivity index (χ4n) is 1.72. The molecule has 0 aromatic heterocycles. The minimum atomic E-state index is -4.59. The zero-order valence-electron chi connectivity index (χ0n) is 10.8. The molecule has 0 aliphatic heterocycles. The van der Waals surface area contributed by atoms with Gasteiger partial charge in [-0.25, -0.2) is 4.39 Å². The van der Waals surface area contributed by atoms with E-state index in [0.717, 1.165) is 12.1 Å². The molecule has 0 saturated carbocycles. The predicted octanol–water partition coefficient (Wildman–Crippen LogP) is 2.95. The Morgan fingerprint density at radius 3 is 2.37 bits per heavy atom. The third-order valence-corrected chi connectivity index (χ3v) is 2.93. The van der Waals surface area contributed by atoms with Gasteiger partial charge in [-0.15, -0.1) is 0 Å². The largest absolute Gasteiger partial charge is 0.416 e. The molecule has 1 atom stereocenters. The highest BCUT2D eigenvalue weighted by Gasteiger charge is 2.33. The third kappa shape index (κ3) is 4.47. The second-order valence-electron chi connectivity index (χ2n) is 4.71. The van der Waals surface area contributed by atoms with E-state index >= 15 is 0 Å². The number of halogens is 4. The average Bonchev–Trinajstić information content (AvgIpc) is 2.29. The molecule has 6 heteroatoms. The van der Waals surface area contributed by atoms with Crippen LogP contribution < -0.4 is 5.32 Å². The van der Waals surface area contributed by atoms with Crippen LogP contribution in [0.15, 0.2) is 18.2 Å². The molecule has 1 aromatic rings. The van der Waals surface area contributed by atoms with Gasteiger partial charge in [-0.1, -0.05) is 19.9 Å². The van der Waals surface area contributed by atoms with E-state index in [2.05, 4.69) is 5.32 Å². The predicted molar refractivity (Wildman–Crippen MR) is 64.0 cm³/mol. The molecule has 0 heterocycles. The van der Waals surface area contributed by atoms with Crippen LogP contribution in [0.25, 0.3) is 0 Å². The van der Waals surface area contributed by atoms with Gasteiger partial charge < -0.3 is 10.4 Å². The van der Waals surface area contributed by atoms with Crippen LogP contribution >= 0.6 is 0 Å². The summed E-state index contributed by atoms with van der Waals surface area (Å²) >= 11 is 0. The molecular weight excluding hydrogens is 262 g/mol. The van der Waals surface area contributed by atoms with Crippen LogP contribution in [0.1, 0.15) is 25.0 Å². The lowest BCUT2D eigenvalue weighted by molar-refractivity contribution is -0.138. The number of aliphatic hydroxyl groups excluding tert-OH is 1. The maximum atomic E-state index is 12.9. The maximum Gasteiger partial charge on any atom is 0.416 e. The van der Waals surface area contributed by atoms with Gasteiger partial charge in [0.15, 0.2) is 0 Å². The zero-order valence-corrected chi connectivity index (χ0v) is 10.8.